The monoisotopic (exact) mass is 289 g/mol. The van der Waals surface area contributed by atoms with Gasteiger partial charge in [0.25, 0.3) is 0 Å². The van der Waals surface area contributed by atoms with Crippen molar-refractivity contribution in [3.05, 3.63) is 53.4 Å². The van der Waals surface area contributed by atoms with Crippen molar-refractivity contribution in [3.8, 4) is 5.75 Å². The van der Waals surface area contributed by atoms with Crippen LogP contribution in [0.5, 0.6) is 5.75 Å². The van der Waals surface area contributed by atoms with E-state index in [1.54, 1.807) is 12.1 Å². The summed E-state index contributed by atoms with van der Waals surface area (Å²) in [5, 5.41) is 12.5. The lowest BCUT2D eigenvalue weighted by Crippen LogP contribution is -2.19. The third kappa shape index (κ3) is 6.17. The molecule has 114 valence electrons. The van der Waals surface area contributed by atoms with Crippen LogP contribution in [0.15, 0.2) is 47.9 Å². The molecule has 0 heterocycles. The molecule has 0 saturated carbocycles. The van der Waals surface area contributed by atoms with Gasteiger partial charge in [0.05, 0.1) is 6.61 Å². The van der Waals surface area contributed by atoms with E-state index in [0.717, 1.165) is 17.7 Å². The van der Waals surface area contributed by atoms with Crippen molar-refractivity contribution >= 4 is 5.91 Å². The first-order valence-electron chi connectivity index (χ1n) is 7.11. The van der Waals surface area contributed by atoms with E-state index in [-0.39, 0.29) is 11.7 Å². The molecule has 0 unspecified atom stereocenters. The highest BCUT2D eigenvalue weighted by Crippen LogP contribution is 2.16. The van der Waals surface area contributed by atoms with Crippen LogP contribution in [0.2, 0.25) is 0 Å². The molecule has 4 heteroatoms. The number of aromatic hydroxyl groups is 1. The largest absolute Gasteiger partial charge is 0.508 e. The zero-order valence-electron chi connectivity index (χ0n) is 12.8. The second kappa shape index (κ2) is 8.84. The first kappa shape index (κ1) is 16.8. The van der Waals surface area contributed by atoms with Gasteiger partial charge in [0, 0.05) is 19.0 Å². The zero-order valence-corrected chi connectivity index (χ0v) is 12.8. The van der Waals surface area contributed by atoms with Crippen molar-refractivity contribution in [1.29, 1.82) is 0 Å². The fraction of sp³-hybridized carbons (Fsp3) is 0.353. The van der Waals surface area contributed by atoms with Gasteiger partial charge in [0.1, 0.15) is 11.5 Å². The van der Waals surface area contributed by atoms with Crippen LogP contribution in [-0.2, 0) is 16.0 Å². The molecule has 4 nitrogen and oxygen atoms in total. The molecule has 0 saturated heterocycles. The predicted octanol–water partition coefficient (Wildman–Crippen LogP) is 3.29. The van der Waals surface area contributed by atoms with Crippen molar-refractivity contribution < 1.29 is 14.6 Å². The van der Waals surface area contributed by atoms with Gasteiger partial charge in [-0.15, -0.1) is 0 Å². The van der Waals surface area contributed by atoms with Crippen LogP contribution in [0.25, 0.3) is 0 Å². The highest BCUT2D eigenvalue weighted by molar-refractivity contribution is 5.74. The second-order valence-corrected chi connectivity index (χ2v) is 4.62. The minimum atomic E-state index is -0.0900. The average Bonchev–Trinajstić information content (AvgIpc) is 2.46. The molecule has 1 amide bonds. The summed E-state index contributed by atoms with van der Waals surface area (Å²) in [5.74, 6) is 0.898. The first-order valence-corrected chi connectivity index (χ1v) is 7.11. The summed E-state index contributed by atoms with van der Waals surface area (Å²) in [4.78, 5) is 11.1. The Kier molecular flexibility index (Phi) is 7.09. The molecule has 21 heavy (non-hydrogen) atoms. The topological polar surface area (TPSA) is 58.6 Å². The molecule has 2 N–H and O–H groups in total. The van der Waals surface area contributed by atoms with Crippen LogP contribution in [0.4, 0.5) is 0 Å². The SMILES string of the molecule is C/C=C(\C=C(/CC)NC(C)=O)OCCc1ccccc1O. The molecular formula is C17H23NO3. The predicted molar refractivity (Wildman–Crippen MR) is 83.7 cm³/mol. The number of para-hydroxylation sites is 1. The maximum absolute atomic E-state index is 11.1. The number of hydrogen-bond donors (Lipinski definition) is 2. The van der Waals surface area contributed by atoms with E-state index in [0.29, 0.717) is 18.8 Å². The van der Waals surface area contributed by atoms with Gasteiger partial charge in [-0.25, -0.2) is 0 Å². The number of ether oxygens (including phenoxy) is 1. The van der Waals surface area contributed by atoms with Gasteiger partial charge in [-0.3, -0.25) is 4.79 Å². The minimum absolute atomic E-state index is 0.0900. The Labute approximate surface area is 126 Å². The number of amides is 1. The number of carbonyl (C=O) groups excluding carboxylic acids is 1. The number of benzene rings is 1. The summed E-state index contributed by atoms with van der Waals surface area (Å²) in [6, 6.07) is 7.22. The molecule has 0 bridgehead atoms. The van der Waals surface area contributed by atoms with Crippen molar-refractivity contribution in [1.82, 2.24) is 5.32 Å². The van der Waals surface area contributed by atoms with Crippen molar-refractivity contribution in [2.24, 2.45) is 0 Å². The van der Waals surface area contributed by atoms with Gasteiger partial charge in [-0.05, 0) is 37.1 Å². The van der Waals surface area contributed by atoms with Crippen LogP contribution in [0, 0.1) is 0 Å². The Morgan fingerprint density at radius 1 is 1.38 bits per heavy atom. The van der Waals surface area contributed by atoms with Crippen molar-refractivity contribution in [2.75, 3.05) is 6.61 Å². The maximum Gasteiger partial charge on any atom is 0.220 e. The summed E-state index contributed by atoms with van der Waals surface area (Å²) in [6.07, 6.45) is 5.02. The second-order valence-electron chi connectivity index (χ2n) is 4.62. The lowest BCUT2D eigenvalue weighted by Gasteiger charge is -2.10. The number of phenols is 1. The van der Waals surface area contributed by atoms with E-state index in [4.69, 9.17) is 4.74 Å². The Morgan fingerprint density at radius 3 is 2.67 bits per heavy atom. The van der Waals surface area contributed by atoms with E-state index >= 15 is 0 Å². The molecule has 0 radical (unpaired) electrons. The number of carbonyl (C=O) groups is 1. The third-order valence-corrected chi connectivity index (χ3v) is 2.95. The summed E-state index contributed by atoms with van der Waals surface area (Å²) in [7, 11) is 0. The molecule has 0 aliphatic heterocycles. The van der Waals surface area contributed by atoms with Gasteiger partial charge in [-0.2, -0.15) is 0 Å². The number of nitrogens with one attached hydrogen (secondary N) is 1. The van der Waals surface area contributed by atoms with Crippen LogP contribution >= 0.6 is 0 Å². The van der Waals surface area contributed by atoms with Crippen LogP contribution < -0.4 is 5.32 Å². The Balaban J connectivity index is 2.57. The fourth-order valence-corrected chi connectivity index (χ4v) is 1.83. The standard InChI is InChI=1S/C17H23NO3/c1-4-15(18-13(3)19)12-16(5-2)21-11-10-14-8-6-7-9-17(14)20/h5-9,12,20H,4,10-11H2,1-3H3,(H,18,19)/b15-12+,16-5+. The molecular weight excluding hydrogens is 266 g/mol. The van der Waals surface area contributed by atoms with E-state index in [2.05, 4.69) is 5.32 Å². The lowest BCUT2D eigenvalue weighted by molar-refractivity contribution is -0.118. The molecule has 0 aliphatic rings. The summed E-state index contributed by atoms with van der Waals surface area (Å²) in [6.45, 7) is 5.80. The van der Waals surface area contributed by atoms with E-state index < -0.39 is 0 Å². The highest BCUT2D eigenvalue weighted by atomic mass is 16.5. The minimum Gasteiger partial charge on any atom is -0.508 e. The number of phenolic OH excluding ortho intramolecular Hbond substituents is 1. The van der Waals surface area contributed by atoms with Gasteiger partial charge in [0.2, 0.25) is 5.91 Å². The van der Waals surface area contributed by atoms with E-state index in [1.165, 1.54) is 6.92 Å². The zero-order chi connectivity index (χ0) is 15.7. The molecule has 1 aromatic carbocycles. The van der Waals surface area contributed by atoms with Crippen LogP contribution in [-0.4, -0.2) is 17.6 Å². The quantitative estimate of drug-likeness (QED) is 0.598. The Bertz CT molecular complexity index is 533. The molecule has 0 aromatic heterocycles. The van der Waals surface area contributed by atoms with Gasteiger partial charge in [-0.1, -0.05) is 25.1 Å². The smallest absolute Gasteiger partial charge is 0.220 e. The number of rotatable bonds is 7. The van der Waals surface area contributed by atoms with Gasteiger partial charge in [0.15, 0.2) is 0 Å². The van der Waals surface area contributed by atoms with Crippen molar-refractivity contribution in [3.63, 3.8) is 0 Å². The lowest BCUT2D eigenvalue weighted by atomic mass is 10.1. The fourth-order valence-electron chi connectivity index (χ4n) is 1.83. The molecule has 1 aromatic rings. The molecule has 0 fully saturated rings. The summed E-state index contributed by atoms with van der Waals surface area (Å²) in [5.41, 5.74) is 1.67. The molecule has 0 aliphatic carbocycles. The first-order chi connectivity index (χ1) is 10.1. The highest BCUT2D eigenvalue weighted by Gasteiger charge is 2.02. The van der Waals surface area contributed by atoms with Gasteiger partial charge >= 0.3 is 0 Å². The Morgan fingerprint density at radius 2 is 2.10 bits per heavy atom. The molecule has 1 rings (SSSR count). The van der Waals surface area contributed by atoms with E-state index in [1.807, 2.05) is 38.1 Å². The Hall–Kier alpha value is -2.23. The average molecular weight is 289 g/mol. The van der Waals surface area contributed by atoms with E-state index in [9.17, 15) is 9.90 Å². The van der Waals surface area contributed by atoms with Crippen LogP contribution in [0.1, 0.15) is 32.8 Å². The number of allylic oxidation sites excluding steroid dienone is 3. The normalized spacial score (nSPS) is 12.1. The van der Waals surface area contributed by atoms with Crippen LogP contribution in [0.3, 0.4) is 0 Å². The molecule has 0 spiro atoms. The van der Waals surface area contributed by atoms with Gasteiger partial charge < -0.3 is 15.2 Å². The van der Waals surface area contributed by atoms with Crippen molar-refractivity contribution in [2.45, 2.75) is 33.6 Å². The third-order valence-electron chi connectivity index (χ3n) is 2.95. The summed E-state index contributed by atoms with van der Waals surface area (Å²) >= 11 is 0. The maximum atomic E-state index is 11.1. The summed E-state index contributed by atoms with van der Waals surface area (Å²) < 4.78 is 5.69. The number of hydrogen-bond acceptors (Lipinski definition) is 3. The molecule has 0 atom stereocenters.